The Balaban J connectivity index is 3.19. The topological polar surface area (TPSA) is 65.8 Å². The minimum atomic E-state index is -0.475. The van der Waals surface area contributed by atoms with Crippen LogP contribution in [0.15, 0.2) is 12.1 Å². The summed E-state index contributed by atoms with van der Waals surface area (Å²) in [5, 5.41) is 10.7. The fraction of sp³-hybridized carbons (Fsp3) is 0.364. The molecule has 5 heteroatoms. The van der Waals surface area contributed by atoms with E-state index in [1.807, 2.05) is 26.1 Å². The van der Waals surface area contributed by atoms with E-state index in [4.69, 9.17) is 16.9 Å². The van der Waals surface area contributed by atoms with E-state index in [0.29, 0.717) is 11.3 Å². The molecule has 16 heavy (non-hydrogen) atoms. The molecule has 0 fully saturated rings. The van der Waals surface area contributed by atoms with Crippen molar-refractivity contribution < 1.29 is 4.79 Å². The molecule has 0 spiro atoms. The smallest absolute Gasteiger partial charge is 0.264 e. The second-order valence-corrected chi connectivity index (χ2v) is 4.77. The van der Waals surface area contributed by atoms with Crippen molar-refractivity contribution in [1.29, 1.82) is 5.26 Å². The second kappa shape index (κ2) is 4.50. The van der Waals surface area contributed by atoms with Crippen molar-refractivity contribution in [1.82, 2.24) is 10.3 Å². The molecule has 0 aliphatic carbocycles. The number of carbonyl (C=O) groups is 1. The standard InChI is InChI=1S/C11H12ClN3O/c1-11(2,3)8-4-7(5-9(12)15-8)10(16)14-6-13/h4-5H,1-3H3,(H,14,16). The third-order valence-electron chi connectivity index (χ3n) is 1.99. The Morgan fingerprint density at radius 3 is 2.62 bits per heavy atom. The number of pyridine rings is 1. The zero-order valence-electron chi connectivity index (χ0n) is 9.34. The highest BCUT2D eigenvalue weighted by Crippen LogP contribution is 2.23. The zero-order valence-corrected chi connectivity index (χ0v) is 10.1. The Hall–Kier alpha value is -1.60. The molecule has 1 aromatic heterocycles. The lowest BCUT2D eigenvalue weighted by Gasteiger charge is -2.18. The number of carbonyl (C=O) groups excluding carboxylic acids is 1. The van der Waals surface area contributed by atoms with E-state index in [-0.39, 0.29) is 10.6 Å². The van der Waals surface area contributed by atoms with Gasteiger partial charge in [0.25, 0.3) is 5.91 Å². The molecule has 0 radical (unpaired) electrons. The highest BCUT2D eigenvalue weighted by Gasteiger charge is 2.18. The predicted molar refractivity (Wildman–Crippen MR) is 61.0 cm³/mol. The third kappa shape index (κ3) is 2.94. The van der Waals surface area contributed by atoms with Gasteiger partial charge in [-0.2, -0.15) is 5.26 Å². The number of hydrogen-bond donors (Lipinski definition) is 1. The van der Waals surface area contributed by atoms with Gasteiger partial charge in [0.15, 0.2) is 6.19 Å². The van der Waals surface area contributed by atoms with Crippen molar-refractivity contribution in [2.45, 2.75) is 26.2 Å². The molecule has 1 heterocycles. The number of halogens is 1. The molecular formula is C11H12ClN3O. The number of aromatic nitrogens is 1. The molecule has 0 saturated carbocycles. The minimum Gasteiger partial charge on any atom is -0.268 e. The summed E-state index contributed by atoms with van der Waals surface area (Å²) in [4.78, 5) is 15.6. The number of amides is 1. The van der Waals surface area contributed by atoms with Crippen molar-refractivity contribution in [2.24, 2.45) is 0 Å². The van der Waals surface area contributed by atoms with Crippen LogP contribution in [-0.4, -0.2) is 10.9 Å². The van der Waals surface area contributed by atoms with Gasteiger partial charge in [-0.1, -0.05) is 32.4 Å². The zero-order chi connectivity index (χ0) is 12.3. The largest absolute Gasteiger partial charge is 0.268 e. The molecular weight excluding hydrogens is 226 g/mol. The first-order valence-electron chi connectivity index (χ1n) is 4.72. The van der Waals surface area contributed by atoms with Crippen LogP contribution in [0.5, 0.6) is 0 Å². The maximum Gasteiger partial charge on any atom is 0.264 e. The first kappa shape index (κ1) is 12.5. The molecule has 1 N–H and O–H groups in total. The monoisotopic (exact) mass is 237 g/mol. The van der Waals surface area contributed by atoms with Crippen LogP contribution in [0.1, 0.15) is 36.8 Å². The van der Waals surface area contributed by atoms with Gasteiger partial charge in [0.2, 0.25) is 0 Å². The number of nitriles is 1. The van der Waals surface area contributed by atoms with Crippen LogP contribution < -0.4 is 5.32 Å². The van der Waals surface area contributed by atoms with Gasteiger partial charge < -0.3 is 0 Å². The summed E-state index contributed by atoms with van der Waals surface area (Å²) in [5.74, 6) is -0.475. The molecule has 0 bridgehead atoms. The van der Waals surface area contributed by atoms with Crippen molar-refractivity contribution in [3.8, 4) is 6.19 Å². The average Bonchev–Trinajstić information content (AvgIpc) is 2.16. The minimum absolute atomic E-state index is 0.202. The van der Waals surface area contributed by atoms with Gasteiger partial charge in [0, 0.05) is 16.7 Å². The average molecular weight is 238 g/mol. The summed E-state index contributed by atoms with van der Waals surface area (Å²) in [6.45, 7) is 5.91. The Morgan fingerprint density at radius 2 is 2.12 bits per heavy atom. The highest BCUT2D eigenvalue weighted by molar-refractivity contribution is 6.29. The van der Waals surface area contributed by atoms with E-state index < -0.39 is 5.91 Å². The first-order valence-corrected chi connectivity index (χ1v) is 5.10. The Bertz CT molecular complexity index is 457. The van der Waals surface area contributed by atoms with Gasteiger partial charge in [0.05, 0.1) is 0 Å². The molecule has 0 atom stereocenters. The maximum absolute atomic E-state index is 11.5. The van der Waals surface area contributed by atoms with Crippen LogP contribution in [0.2, 0.25) is 5.15 Å². The van der Waals surface area contributed by atoms with Crippen LogP contribution >= 0.6 is 11.6 Å². The van der Waals surface area contributed by atoms with E-state index in [2.05, 4.69) is 4.98 Å². The van der Waals surface area contributed by atoms with Gasteiger partial charge in [-0.05, 0) is 12.1 Å². The molecule has 84 valence electrons. The summed E-state index contributed by atoms with van der Waals surface area (Å²) in [7, 11) is 0. The van der Waals surface area contributed by atoms with Crippen LogP contribution in [0.4, 0.5) is 0 Å². The Labute approximate surface area is 99.2 Å². The van der Waals surface area contributed by atoms with Crippen molar-refractivity contribution >= 4 is 17.5 Å². The molecule has 0 aliphatic rings. The summed E-state index contributed by atoms with van der Waals surface area (Å²) >= 11 is 5.83. The number of rotatable bonds is 1. The summed E-state index contributed by atoms with van der Waals surface area (Å²) in [5.41, 5.74) is 0.849. The third-order valence-corrected chi connectivity index (χ3v) is 2.19. The molecule has 4 nitrogen and oxygen atoms in total. The Kier molecular flexibility index (Phi) is 3.51. The molecule has 0 aromatic carbocycles. The van der Waals surface area contributed by atoms with Crippen molar-refractivity contribution in [3.05, 3.63) is 28.5 Å². The SMILES string of the molecule is CC(C)(C)c1cc(C(=O)NC#N)cc(Cl)n1. The lowest BCUT2D eigenvalue weighted by Crippen LogP contribution is -2.20. The number of nitrogens with zero attached hydrogens (tertiary/aromatic N) is 2. The molecule has 1 aromatic rings. The maximum atomic E-state index is 11.5. The normalized spacial score (nSPS) is 10.7. The number of hydrogen-bond acceptors (Lipinski definition) is 3. The summed E-state index contributed by atoms with van der Waals surface area (Å²) < 4.78 is 0. The Morgan fingerprint density at radius 1 is 1.50 bits per heavy atom. The second-order valence-electron chi connectivity index (χ2n) is 4.38. The highest BCUT2D eigenvalue weighted by atomic mass is 35.5. The van der Waals surface area contributed by atoms with Crippen molar-refractivity contribution in [2.75, 3.05) is 0 Å². The molecule has 1 rings (SSSR count). The first-order chi connectivity index (χ1) is 7.34. The molecule has 0 saturated heterocycles. The quantitative estimate of drug-likeness (QED) is 0.463. The molecule has 0 aliphatic heterocycles. The van der Waals surface area contributed by atoms with E-state index in [0.717, 1.165) is 0 Å². The van der Waals surface area contributed by atoms with E-state index in [9.17, 15) is 4.79 Å². The van der Waals surface area contributed by atoms with E-state index in [1.165, 1.54) is 6.07 Å². The van der Waals surface area contributed by atoms with Crippen LogP contribution in [0.3, 0.4) is 0 Å². The lowest BCUT2D eigenvalue weighted by molar-refractivity contribution is 0.0972. The summed E-state index contributed by atoms with van der Waals surface area (Å²) in [6, 6.07) is 3.07. The van der Waals surface area contributed by atoms with Crippen LogP contribution in [0, 0.1) is 11.5 Å². The molecule has 0 unspecified atom stereocenters. The van der Waals surface area contributed by atoms with Gasteiger partial charge in [0.1, 0.15) is 5.15 Å². The fourth-order valence-electron chi connectivity index (χ4n) is 1.14. The van der Waals surface area contributed by atoms with Gasteiger partial charge in [-0.15, -0.1) is 0 Å². The van der Waals surface area contributed by atoms with Gasteiger partial charge in [-0.3, -0.25) is 10.1 Å². The fourth-order valence-corrected chi connectivity index (χ4v) is 1.34. The lowest BCUT2D eigenvalue weighted by atomic mass is 9.91. The summed E-state index contributed by atoms with van der Waals surface area (Å²) in [6.07, 6.45) is 1.58. The van der Waals surface area contributed by atoms with E-state index in [1.54, 1.807) is 12.3 Å². The van der Waals surface area contributed by atoms with Crippen LogP contribution in [0.25, 0.3) is 0 Å². The number of nitrogens with one attached hydrogen (secondary N) is 1. The van der Waals surface area contributed by atoms with Crippen molar-refractivity contribution in [3.63, 3.8) is 0 Å². The van der Waals surface area contributed by atoms with Crippen LogP contribution in [-0.2, 0) is 5.41 Å². The van der Waals surface area contributed by atoms with E-state index >= 15 is 0 Å². The van der Waals surface area contributed by atoms with Gasteiger partial charge >= 0.3 is 0 Å². The van der Waals surface area contributed by atoms with Gasteiger partial charge in [-0.25, -0.2) is 4.98 Å². The molecule has 1 amide bonds. The predicted octanol–water partition coefficient (Wildman–Crippen LogP) is 2.24.